The number of aliphatic carboxylic acids is 1. The van der Waals surface area contributed by atoms with Gasteiger partial charge in [-0.25, -0.2) is 4.79 Å². The van der Waals surface area contributed by atoms with Gasteiger partial charge in [-0.2, -0.15) is 0 Å². The zero-order chi connectivity index (χ0) is 14.7. The second-order valence-electron chi connectivity index (χ2n) is 4.72. The van der Waals surface area contributed by atoms with Gasteiger partial charge in [0.2, 0.25) is 5.91 Å². The molecule has 2 heterocycles. The Morgan fingerprint density at radius 3 is 2.90 bits per heavy atom. The molecule has 1 N–H and O–H groups in total. The van der Waals surface area contributed by atoms with Crippen LogP contribution >= 0.6 is 22.9 Å². The molecule has 1 aliphatic heterocycles. The fraction of sp³-hybridized carbons (Fsp3) is 0.538. The highest BCUT2D eigenvalue weighted by Crippen LogP contribution is 2.24. The molecule has 1 amide bonds. The molecule has 0 aliphatic carbocycles. The number of carboxylic acids is 1. The number of halogens is 1. The van der Waals surface area contributed by atoms with Gasteiger partial charge in [0, 0.05) is 36.8 Å². The molecule has 0 saturated carbocycles. The molecule has 2 unspecified atom stereocenters. The second-order valence-corrected chi connectivity index (χ2v) is 6.16. The highest BCUT2D eigenvalue weighted by atomic mass is 35.5. The lowest BCUT2D eigenvalue weighted by molar-refractivity contribution is -0.148. The van der Waals surface area contributed by atoms with Crippen LogP contribution in [-0.4, -0.2) is 47.7 Å². The van der Waals surface area contributed by atoms with E-state index in [1.807, 2.05) is 11.4 Å². The highest BCUT2D eigenvalue weighted by Gasteiger charge is 2.39. The minimum absolute atomic E-state index is 0.151. The summed E-state index contributed by atoms with van der Waals surface area (Å²) in [5, 5.41) is 11.7. The van der Waals surface area contributed by atoms with Gasteiger partial charge >= 0.3 is 5.97 Å². The van der Waals surface area contributed by atoms with Crippen molar-refractivity contribution in [1.82, 2.24) is 4.90 Å². The molecule has 20 heavy (non-hydrogen) atoms. The third kappa shape index (κ3) is 3.50. The van der Waals surface area contributed by atoms with Gasteiger partial charge in [-0.05, 0) is 12.5 Å². The third-order valence-electron chi connectivity index (χ3n) is 3.41. The number of amides is 1. The zero-order valence-corrected chi connectivity index (χ0v) is 12.6. The number of carbonyl (C=O) groups excluding carboxylic acids is 1. The number of aryl methyl sites for hydroxylation is 1. The minimum Gasteiger partial charge on any atom is -0.480 e. The second kappa shape index (κ2) is 6.56. The molecule has 0 spiro atoms. The van der Waals surface area contributed by atoms with Crippen molar-refractivity contribution in [3.05, 3.63) is 21.3 Å². The Hall–Kier alpha value is -1.11. The first-order valence-electron chi connectivity index (χ1n) is 6.29. The van der Waals surface area contributed by atoms with Crippen molar-refractivity contribution in [2.75, 3.05) is 13.7 Å². The molecule has 1 aliphatic rings. The van der Waals surface area contributed by atoms with E-state index in [9.17, 15) is 9.59 Å². The number of rotatable bonds is 5. The summed E-state index contributed by atoms with van der Waals surface area (Å²) in [6.45, 7) is 0.345. The van der Waals surface area contributed by atoms with Crippen molar-refractivity contribution in [2.45, 2.75) is 31.4 Å². The number of carbonyl (C=O) groups is 2. The van der Waals surface area contributed by atoms with Crippen LogP contribution in [0.25, 0.3) is 0 Å². The van der Waals surface area contributed by atoms with Crippen LogP contribution in [-0.2, 0) is 20.7 Å². The quantitative estimate of drug-likeness (QED) is 0.902. The van der Waals surface area contributed by atoms with E-state index in [1.54, 1.807) is 0 Å². The van der Waals surface area contributed by atoms with Crippen LogP contribution in [0.2, 0.25) is 5.02 Å². The van der Waals surface area contributed by atoms with Crippen LogP contribution in [0.1, 0.15) is 17.7 Å². The number of methoxy groups -OCH3 is 1. The Morgan fingerprint density at radius 2 is 2.35 bits per heavy atom. The third-order valence-corrected chi connectivity index (χ3v) is 4.75. The molecule has 5 nitrogen and oxygen atoms in total. The first-order chi connectivity index (χ1) is 9.51. The average Bonchev–Trinajstić information content (AvgIpc) is 3.02. The number of hydrogen-bond acceptors (Lipinski definition) is 4. The van der Waals surface area contributed by atoms with Crippen LogP contribution in [0.3, 0.4) is 0 Å². The lowest BCUT2D eigenvalue weighted by Crippen LogP contribution is -2.40. The maximum absolute atomic E-state index is 12.2. The fourth-order valence-electron chi connectivity index (χ4n) is 2.34. The summed E-state index contributed by atoms with van der Waals surface area (Å²) in [5.41, 5.74) is 0. The molecular weight excluding hydrogens is 302 g/mol. The summed E-state index contributed by atoms with van der Waals surface area (Å²) in [7, 11) is 1.53. The largest absolute Gasteiger partial charge is 0.480 e. The van der Waals surface area contributed by atoms with Gasteiger partial charge in [-0.1, -0.05) is 11.6 Å². The molecule has 1 fully saturated rings. The Labute approximate surface area is 126 Å². The van der Waals surface area contributed by atoms with E-state index in [4.69, 9.17) is 21.4 Å². The van der Waals surface area contributed by atoms with Crippen molar-refractivity contribution in [2.24, 2.45) is 0 Å². The smallest absolute Gasteiger partial charge is 0.326 e. The van der Waals surface area contributed by atoms with Gasteiger partial charge in [0.25, 0.3) is 0 Å². The van der Waals surface area contributed by atoms with E-state index in [2.05, 4.69) is 0 Å². The average molecular weight is 318 g/mol. The first-order valence-corrected chi connectivity index (χ1v) is 7.55. The van der Waals surface area contributed by atoms with E-state index in [1.165, 1.54) is 23.3 Å². The molecule has 2 atom stereocenters. The number of thiophene rings is 1. The van der Waals surface area contributed by atoms with Crippen LogP contribution in [0.4, 0.5) is 0 Å². The molecule has 1 aromatic heterocycles. The van der Waals surface area contributed by atoms with E-state index >= 15 is 0 Å². The number of likely N-dealkylation sites (tertiary alicyclic amines) is 1. The topological polar surface area (TPSA) is 66.8 Å². The SMILES string of the molecule is COC1CC(C(=O)O)N(C(=O)CCc2cc(Cl)cs2)C1. The molecule has 2 rings (SSSR count). The number of ether oxygens (including phenoxy) is 1. The number of hydrogen-bond donors (Lipinski definition) is 1. The molecule has 0 bridgehead atoms. The van der Waals surface area contributed by atoms with Gasteiger partial charge in [0.05, 0.1) is 11.1 Å². The standard InChI is InChI=1S/C13H16ClNO4S/c1-19-9-5-11(13(17)18)15(6-9)12(16)3-2-10-4-8(14)7-20-10/h4,7,9,11H,2-3,5-6H2,1H3,(H,17,18). The summed E-state index contributed by atoms with van der Waals surface area (Å²) in [6, 6.07) is 1.05. The van der Waals surface area contributed by atoms with Crippen molar-refractivity contribution in [3.63, 3.8) is 0 Å². The summed E-state index contributed by atoms with van der Waals surface area (Å²) in [4.78, 5) is 25.8. The normalized spacial score (nSPS) is 22.2. The van der Waals surface area contributed by atoms with Crippen LogP contribution in [0.5, 0.6) is 0 Å². The predicted octanol–water partition coefficient (Wildman–Crippen LogP) is 2.03. The van der Waals surface area contributed by atoms with Crippen molar-refractivity contribution in [1.29, 1.82) is 0 Å². The molecule has 1 aromatic rings. The Balaban J connectivity index is 1.95. The fourth-order valence-corrected chi connectivity index (χ4v) is 3.41. The molecule has 110 valence electrons. The van der Waals surface area contributed by atoms with E-state index in [0.29, 0.717) is 24.4 Å². The monoisotopic (exact) mass is 317 g/mol. The van der Waals surface area contributed by atoms with Gasteiger partial charge < -0.3 is 14.7 Å². The van der Waals surface area contributed by atoms with Gasteiger partial charge in [0.1, 0.15) is 6.04 Å². The summed E-state index contributed by atoms with van der Waals surface area (Å²) >= 11 is 7.33. The number of carboxylic acid groups (broad SMARTS) is 1. The van der Waals surface area contributed by atoms with Crippen molar-refractivity contribution >= 4 is 34.8 Å². The Morgan fingerprint density at radius 1 is 1.60 bits per heavy atom. The Kier molecular flexibility index (Phi) is 5.01. The van der Waals surface area contributed by atoms with Crippen LogP contribution in [0.15, 0.2) is 11.4 Å². The Bertz CT molecular complexity index is 504. The van der Waals surface area contributed by atoms with E-state index in [0.717, 1.165) is 4.88 Å². The van der Waals surface area contributed by atoms with Crippen molar-refractivity contribution in [3.8, 4) is 0 Å². The van der Waals surface area contributed by atoms with E-state index < -0.39 is 12.0 Å². The summed E-state index contributed by atoms with van der Waals surface area (Å²) < 4.78 is 5.17. The molecule has 0 aromatic carbocycles. The van der Waals surface area contributed by atoms with Gasteiger partial charge in [0.15, 0.2) is 0 Å². The lowest BCUT2D eigenvalue weighted by Gasteiger charge is -2.21. The highest BCUT2D eigenvalue weighted by molar-refractivity contribution is 7.10. The summed E-state index contributed by atoms with van der Waals surface area (Å²) in [6.07, 6.45) is 1.02. The predicted molar refractivity (Wildman–Crippen MR) is 76.2 cm³/mol. The minimum atomic E-state index is -0.975. The van der Waals surface area contributed by atoms with Crippen LogP contribution < -0.4 is 0 Å². The van der Waals surface area contributed by atoms with Gasteiger partial charge in [-0.15, -0.1) is 11.3 Å². The first kappa shape index (κ1) is 15.3. The number of nitrogens with zero attached hydrogens (tertiary/aromatic N) is 1. The van der Waals surface area contributed by atoms with E-state index in [-0.39, 0.29) is 18.4 Å². The zero-order valence-electron chi connectivity index (χ0n) is 11.0. The molecule has 7 heteroatoms. The lowest BCUT2D eigenvalue weighted by atomic mass is 10.2. The van der Waals surface area contributed by atoms with Crippen LogP contribution in [0, 0.1) is 0 Å². The maximum Gasteiger partial charge on any atom is 0.326 e. The summed E-state index contributed by atoms with van der Waals surface area (Å²) in [5.74, 6) is -1.13. The molecule has 1 saturated heterocycles. The van der Waals surface area contributed by atoms with Gasteiger partial charge in [-0.3, -0.25) is 4.79 Å². The molecular formula is C13H16ClNO4S. The van der Waals surface area contributed by atoms with Crippen molar-refractivity contribution < 1.29 is 19.4 Å². The maximum atomic E-state index is 12.2. The molecule has 0 radical (unpaired) electrons.